The lowest BCUT2D eigenvalue weighted by atomic mass is 10.2. The average Bonchev–Trinajstić information content (AvgIpc) is 2.93. The molecule has 2 aromatic rings. The van der Waals surface area contributed by atoms with Gasteiger partial charge in [0, 0.05) is 16.7 Å². The van der Waals surface area contributed by atoms with Crippen LogP contribution in [0.15, 0.2) is 34.7 Å². The molecule has 1 aromatic carbocycles. The van der Waals surface area contributed by atoms with Gasteiger partial charge >= 0.3 is 0 Å². The molecule has 1 aromatic heterocycles. The van der Waals surface area contributed by atoms with Gasteiger partial charge in [-0.3, -0.25) is 5.43 Å². The van der Waals surface area contributed by atoms with Crippen molar-refractivity contribution in [2.24, 2.45) is 5.10 Å². The van der Waals surface area contributed by atoms with Crippen LogP contribution in [0.3, 0.4) is 0 Å². The Morgan fingerprint density at radius 1 is 1.37 bits per heavy atom. The molecular weight excluding hydrogens is 258 g/mol. The highest BCUT2D eigenvalue weighted by molar-refractivity contribution is 7.14. The second-order valence-electron chi connectivity index (χ2n) is 4.08. The van der Waals surface area contributed by atoms with Gasteiger partial charge in [0.1, 0.15) is 5.75 Å². The average molecular weight is 275 g/mol. The number of thiazole rings is 1. The molecule has 5 heteroatoms. The third kappa shape index (κ3) is 3.54. The molecule has 0 spiro atoms. The highest BCUT2D eigenvalue weighted by Crippen LogP contribution is 2.26. The van der Waals surface area contributed by atoms with Crippen LogP contribution >= 0.6 is 11.3 Å². The number of methoxy groups -OCH3 is 1. The zero-order valence-corrected chi connectivity index (χ0v) is 12.1. The van der Waals surface area contributed by atoms with E-state index >= 15 is 0 Å². The van der Waals surface area contributed by atoms with Gasteiger partial charge in [0.25, 0.3) is 0 Å². The number of aromatic nitrogens is 1. The summed E-state index contributed by atoms with van der Waals surface area (Å²) in [5.41, 5.74) is 6.05. The second-order valence-corrected chi connectivity index (χ2v) is 4.94. The van der Waals surface area contributed by atoms with Crippen molar-refractivity contribution in [1.82, 2.24) is 4.98 Å². The molecule has 4 nitrogen and oxygen atoms in total. The Balaban J connectivity index is 2.11. The smallest absolute Gasteiger partial charge is 0.203 e. The van der Waals surface area contributed by atoms with E-state index in [0.717, 1.165) is 34.3 Å². The van der Waals surface area contributed by atoms with E-state index < -0.39 is 0 Å². The second kappa shape index (κ2) is 6.33. The zero-order chi connectivity index (χ0) is 13.7. The maximum atomic E-state index is 5.14. The number of nitrogens with one attached hydrogen (secondary N) is 1. The molecule has 19 heavy (non-hydrogen) atoms. The first-order valence-corrected chi connectivity index (χ1v) is 7.00. The first-order valence-electron chi connectivity index (χ1n) is 6.12. The largest absolute Gasteiger partial charge is 0.497 e. The maximum Gasteiger partial charge on any atom is 0.203 e. The summed E-state index contributed by atoms with van der Waals surface area (Å²) in [6.45, 7) is 4.07. The number of hydrogen-bond donors (Lipinski definition) is 1. The van der Waals surface area contributed by atoms with E-state index in [1.54, 1.807) is 18.4 Å². The number of benzene rings is 1. The van der Waals surface area contributed by atoms with Crippen molar-refractivity contribution in [3.8, 4) is 17.0 Å². The van der Waals surface area contributed by atoms with Gasteiger partial charge in [-0.15, -0.1) is 11.3 Å². The predicted molar refractivity (Wildman–Crippen MR) is 81.1 cm³/mol. The lowest BCUT2D eigenvalue weighted by molar-refractivity contribution is 0.415. The molecule has 0 unspecified atom stereocenters. The molecule has 0 aliphatic carbocycles. The first-order chi connectivity index (χ1) is 9.22. The van der Waals surface area contributed by atoms with E-state index in [1.165, 1.54) is 0 Å². The standard InChI is InChI=1S/C14H17N3OS/c1-4-10(2)16-17-14-15-13(9-19-14)11-5-7-12(18-3)8-6-11/h5-9H,4H2,1-3H3,(H,15,17)/b16-10+. The van der Waals surface area contributed by atoms with E-state index in [1.807, 2.05) is 36.6 Å². The van der Waals surface area contributed by atoms with Crippen LogP contribution in [-0.2, 0) is 0 Å². The molecule has 1 N–H and O–H groups in total. The van der Waals surface area contributed by atoms with Crippen LogP contribution in [0.2, 0.25) is 0 Å². The number of nitrogens with zero attached hydrogens (tertiary/aromatic N) is 2. The summed E-state index contributed by atoms with van der Waals surface area (Å²) in [7, 11) is 1.66. The minimum absolute atomic E-state index is 0.804. The van der Waals surface area contributed by atoms with Gasteiger partial charge in [-0.25, -0.2) is 4.98 Å². The van der Waals surface area contributed by atoms with Crippen LogP contribution in [-0.4, -0.2) is 17.8 Å². The topological polar surface area (TPSA) is 46.5 Å². The minimum Gasteiger partial charge on any atom is -0.497 e. The number of hydrazone groups is 1. The Morgan fingerprint density at radius 3 is 2.74 bits per heavy atom. The van der Waals surface area contributed by atoms with E-state index in [-0.39, 0.29) is 0 Å². The monoisotopic (exact) mass is 275 g/mol. The SMILES string of the molecule is CC/C(C)=N/Nc1nc(-c2ccc(OC)cc2)cs1. The van der Waals surface area contributed by atoms with Crippen molar-refractivity contribution >= 4 is 22.2 Å². The van der Waals surface area contributed by atoms with Gasteiger partial charge in [-0.2, -0.15) is 5.10 Å². The van der Waals surface area contributed by atoms with Crippen molar-refractivity contribution in [2.75, 3.05) is 12.5 Å². The number of anilines is 1. The van der Waals surface area contributed by atoms with Crippen LogP contribution in [0.1, 0.15) is 20.3 Å². The summed E-state index contributed by atoms with van der Waals surface area (Å²) >= 11 is 1.55. The van der Waals surface area contributed by atoms with E-state index in [4.69, 9.17) is 4.74 Å². The summed E-state index contributed by atoms with van der Waals surface area (Å²) in [6, 6.07) is 7.86. The fraction of sp³-hybridized carbons (Fsp3) is 0.286. The van der Waals surface area contributed by atoms with E-state index in [2.05, 4.69) is 22.4 Å². The van der Waals surface area contributed by atoms with Gasteiger partial charge in [0.15, 0.2) is 0 Å². The molecule has 0 fully saturated rings. The van der Waals surface area contributed by atoms with Crippen molar-refractivity contribution in [3.05, 3.63) is 29.6 Å². The zero-order valence-electron chi connectivity index (χ0n) is 11.3. The van der Waals surface area contributed by atoms with Gasteiger partial charge in [-0.1, -0.05) is 6.92 Å². The molecule has 0 atom stereocenters. The molecule has 0 amide bonds. The molecular formula is C14H17N3OS. The minimum atomic E-state index is 0.804. The highest BCUT2D eigenvalue weighted by atomic mass is 32.1. The molecule has 0 saturated heterocycles. The number of hydrogen-bond acceptors (Lipinski definition) is 5. The molecule has 2 rings (SSSR count). The summed E-state index contributed by atoms with van der Waals surface area (Å²) in [5.74, 6) is 0.848. The Hall–Kier alpha value is -1.88. The lowest BCUT2D eigenvalue weighted by Gasteiger charge is -2.00. The lowest BCUT2D eigenvalue weighted by Crippen LogP contribution is -1.95. The highest BCUT2D eigenvalue weighted by Gasteiger charge is 2.04. The van der Waals surface area contributed by atoms with Gasteiger partial charge < -0.3 is 4.74 Å². The summed E-state index contributed by atoms with van der Waals surface area (Å²) in [5, 5.41) is 7.06. The van der Waals surface area contributed by atoms with Gasteiger partial charge in [0.05, 0.1) is 12.8 Å². The van der Waals surface area contributed by atoms with Gasteiger partial charge in [0.2, 0.25) is 5.13 Å². The quantitative estimate of drug-likeness (QED) is 0.662. The van der Waals surface area contributed by atoms with Crippen molar-refractivity contribution in [2.45, 2.75) is 20.3 Å². The van der Waals surface area contributed by atoms with Crippen LogP contribution in [0, 0.1) is 0 Å². The van der Waals surface area contributed by atoms with Crippen LogP contribution in [0.25, 0.3) is 11.3 Å². The summed E-state index contributed by atoms with van der Waals surface area (Å²) in [4.78, 5) is 4.50. The number of ether oxygens (including phenoxy) is 1. The van der Waals surface area contributed by atoms with E-state index in [0.29, 0.717) is 0 Å². The Morgan fingerprint density at radius 2 is 2.11 bits per heavy atom. The van der Waals surface area contributed by atoms with Crippen LogP contribution in [0.5, 0.6) is 5.75 Å². The van der Waals surface area contributed by atoms with E-state index in [9.17, 15) is 0 Å². The number of rotatable bonds is 5. The Labute approximate surface area is 117 Å². The molecule has 1 heterocycles. The third-order valence-electron chi connectivity index (χ3n) is 2.74. The molecule has 0 saturated carbocycles. The fourth-order valence-corrected chi connectivity index (χ4v) is 2.10. The molecule has 0 radical (unpaired) electrons. The van der Waals surface area contributed by atoms with Crippen molar-refractivity contribution in [1.29, 1.82) is 0 Å². The molecule has 0 aliphatic heterocycles. The first kappa shape index (κ1) is 13.5. The molecule has 100 valence electrons. The van der Waals surface area contributed by atoms with Crippen LogP contribution < -0.4 is 10.2 Å². The predicted octanol–water partition coefficient (Wildman–Crippen LogP) is 4.02. The Bertz CT molecular complexity index is 560. The normalized spacial score (nSPS) is 11.4. The maximum absolute atomic E-state index is 5.14. The van der Waals surface area contributed by atoms with Gasteiger partial charge in [-0.05, 0) is 37.6 Å². The summed E-state index contributed by atoms with van der Waals surface area (Å²) in [6.07, 6.45) is 0.934. The van der Waals surface area contributed by atoms with Crippen molar-refractivity contribution in [3.63, 3.8) is 0 Å². The fourth-order valence-electron chi connectivity index (χ4n) is 1.44. The third-order valence-corrected chi connectivity index (χ3v) is 3.49. The molecule has 0 aliphatic rings. The van der Waals surface area contributed by atoms with Crippen LogP contribution in [0.4, 0.5) is 5.13 Å². The summed E-state index contributed by atoms with van der Waals surface area (Å²) < 4.78 is 5.14. The molecule has 0 bridgehead atoms. The van der Waals surface area contributed by atoms with Crippen molar-refractivity contribution < 1.29 is 4.74 Å². The Kier molecular flexibility index (Phi) is 4.52.